The maximum absolute atomic E-state index is 4.93. The van der Waals surface area contributed by atoms with Crippen molar-refractivity contribution >= 4 is 47.7 Å². The van der Waals surface area contributed by atoms with Crippen LogP contribution in [0, 0.1) is 12.0 Å². The predicted octanol–water partition coefficient (Wildman–Crippen LogP) is 9.78. The molecule has 0 spiro atoms. The van der Waals surface area contributed by atoms with Gasteiger partial charge < -0.3 is 0 Å². The van der Waals surface area contributed by atoms with Crippen LogP contribution in [0.25, 0.3) is 33.0 Å². The van der Waals surface area contributed by atoms with Crippen LogP contribution in [0.2, 0.25) is 0 Å². The topological polar surface area (TPSA) is 0 Å². The van der Waals surface area contributed by atoms with Gasteiger partial charge in [0.15, 0.2) is 0 Å². The van der Waals surface area contributed by atoms with E-state index in [0.717, 1.165) is 22.4 Å². The van der Waals surface area contributed by atoms with Gasteiger partial charge in [0.2, 0.25) is 0 Å². The van der Waals surface area contributed by atoms with Crippen molar-refractivity contribution in [2.75, 3.05) is 0 Å². The summed E-state index contributed by atoms with van der Waals surface area (Å²) in [7, 11) is 10.7. The fourth-order valence-electron chi connectivity index (χ4n) is 5.65. The van der Waals surface area contributed by atoms with Crippen LogP contribution < -0.4 is 10.4 Å². The number of halogens is 2. The molecule has 5 aromatic carbocycles. The molecule has 41 heavy (non-hydrogen) atoms. The van der Waals surface area contributed by atoms with Crippen molar-refractivity contribution in [1.29, 1.82) is 0 Å². The van der Waals surface area contributed by atoms with Gasteiger partial charge in [0.1, 0.15) is 0 Å². The molecule has 0 saturated heterocycles. The Morgan fingerprint density at radius 2 is 1.54 bits per heavy atom. The molecule has 0 fully saturated rings. The van der Waals surface area contributed by atoms with Crippen LogP contribution in [-0.2, 0) is 39.1 Å². The minimum atomic E-state index is -0.826. The first kappa shape index (κ1) is 32.1. The fourth-order valence-corrected chi connectivity index (χ4v) is 6.96. The van der Waals surface area contributed by atoms with E-state index in [4.69, 9.17) is 17.0 Å². The molecule has 0 atom stereocenters. The molecule has 0 nitrogen and oxygen atoms in total. The van der Waals surface area contributed by atoms with Crippen LogP contribution in [0.15, 0.2) is 91.0 Å². The Bertz CT molecular complexity index is 1550. The van der Waals surface area contributed by atoms with Gasteiger partial charge >= 0.3 is 37.9 Å². The van der Waals surface area contributed by atoms with Crippen molar-refractivity contribution < 1.29 is 20.8 Å². The van der Waals surface area contributed by atoms with Gasteiger partial charge in [-0.05, 0) is 35.3 Å². The third-order valence-electron chi connectivity index (χ3n) is 7.40. The molecular weight excluding hydrogens is 635 g/mol. The molecule has 0 unspecified atom stereocenters. The van der Waals surface area contributed by atoms with Crippen molar-refractivity contribution in [1.82, 2.24) is 0 Å². The molecule has 1 aliphatic heterocycles. The molecule has 0 amide bonds. The third-order valence-corrected chi connectivity index (χ3v) is 8.77. The van der Waals surface area contributed by atoms with Gasteiger partial charge in [0, 0.05) is 0 Å². The molecule has 0 aliphatic carbocycles. The molecule has 4 heteroatoms. The summed E-state index contributed by atoms with van der Waals surface area (Å²) in [6.45, 7) is 13.8. The number of hydrogen-bond donors (Lipinski definition) is 0. The van der Waals surface area contributed by atoms with E-state index in [9.17, 15) is 0 Å². The van der Waals surface area contributed by atoms with Crippen LogP contribution in [0.5, 0.6) is 0 Å². The Hall–Kier alpha value is -1.83. The van der Waals surface area contributed by atoms with E-state index in [-0.39, 0.29) is 5.41 Å². The van der Waals surface area contributed by atoms with Crippen LogP contribution in [0.3, 0.4) is 0 Å². The van der Waals surface area contributed by atoms with Crippen molar-refractivity contribution in [2.24, 2.45) is 5.92 Å². The Morgan fingerprint density at radius 1 is 0.878 bits per heavy atom. The third kappa shape index (κ3) is 7.77. The average Bonchev–Trinajstić information content (AvgIpc) is 3.53. The molecule has 0 saturated carbocycles. The number of fused-ring (bicyclic) bond motifs is 4. The second-order valence-corrected chi connectivity index (χ2v) is 16.9. The van der Waals surface area contributed by atoms with Gasteiger partial charge in [-0.2, -0.15) is 35.5 Å². The van der Waals surface area contributed by atoms with Crippen LogP contribution in [-0.4, -0.2) is 9.52 Å². The van der Waals surface area contributed by atoms with Crippen molar-refractivity contribution in [3.05, 3.63) is 114 Å². The maximum atomic E-state index is 4.93. The Labute approximate surface area is 268 Å². The van der Waals surface area contributed by atoms with E-state index in [2.05, 4.69) is 133 Å². The van der Waals surface area contributed by atoms with Gasteiger partial charge in [0.05, 0.1) is 9.52 Å². The summed E-state index contributed by atoms with van der Waals surface area (Å²) in [6, 6.07) is 36.6. The van der Waals surface area contributed by atoms with E-state index in [1.807, 2.05) is 6.07 Å². The molecule has 2 radical (unpaired) electrons. The SMILES string of the molecule is CCc1ccccc1-c1c(C(C)(C)C)ccc2[cH-]c(CC(C)C)cc12.[Cl][Zr+2][Cl].[c-]1cccc2c1[Si]c1ccccc1-2. The van der Waals surface area contributed by atoms with Gasteiger partial charge in [-0.3, -0.25) is 0 Å². The summed E-state index contributed by atoms with van der Waals surface area (Å²) in [6.07, 6.45) is 2.21. The molecule has 208 valence electrons. The standard InChI is InChI=1S/C25H31.C12H7Si.2ClH.Zr/c1-7-19-10-8-9-11-21(19)24-22-16-18(14-17(2)3)15-20(22)12-13-23(24)25(4,5)6;1-3-7-11-9(5-1)10-6-2-4-8-12(10)13-11;;;/h8-13,15-17H,7,14H2,1-6H3;1-7H;2*1H;/q2*-1;;;+4/p-2. The zero-order chi connectivity index (χ0) is 29.6. The Balaban J connectivity index is 0.000000200. The van der Waals surface area contributed by atoms with Crippen LogP contribution in [0.4, 0.5) is 0 Å². The first-order valence-corrected chi connectivity index (χ1v) is 21.6. The van der Waals surface area contributed by atoms with Crippen LogP contribution in [0.1, 0.15) is 58.2 Å². The number of benzene rings is 4. The molecule has 1 aliphatic rings. The number of rotatable bonds is 4. The zero-order valence-corrected chi connectivity index (χ0v) is 29.9. The minimum Gasteiger partial charge on any atom is -0.184 e. The van der Waals surface area contributed by atoms with Crippen molar-refractivity contribution in [2.45, 2.75) is 59.8 Å². The molecule has 6 rings (SSSR count). The molecule has 0 aromatic heterocycles. The summed E-state index contributed by atoms with van der Waals surface area (Å²) in [5.74, 6) is 0.685. The van der Waals surface area contributed by atoms with Gasteiger partial charge in [0.25, 0.3) is 0 Å². The Kier molecular flexibility index (Phi) is 11.4. The van der Waals surface area contributed by atoms with Gasteiger partial charge in [-0.15, -0.1) is 40.1 Å². The second-order valence-electron chi connectivity index (χ2n) is 11.9. The molecular formula is C37H38Cl2SiZr. The van der Waals surface area contributed by atoms with Crippen molar-refractivity contribution in [3.8, 4) is 22.3 Å². The summed E-state index contributed by atoms with van der Waals surface area (Å²) in [5, 5.41) is 5.62. The molecule has 0 N–H and O–H groups in total. The van der Waals surface area contributed by atoms with E-state index in [1.165, 1.54) is 60.1 Å². The van der Waals surface area contributed by atoms with Crippen molar-refractivity contribution in [3.63, 3.8) is 0 Å². The largest absolute Gasteiger partial charge is 0.184 e. The average molecular weight is 673 g/mol. The van der Waals surface area contributed by atoms with E-state index in [1.54, 1.807) is 0 Å². The summed E-state index contributed by atoms with van der Waals surface area (Å²) >= 11 is -0.826. The van der Waals surface area contributed by atoms with Crippen LogP contribution >= 0.6 is 17.0 Å². The van der Waals surface area contributed by atoms with Gasteiger partial charge in [-0.1, -0.05) is 112 Å². The zero-order valence-electron chi connectivity index (χ0n) is 24.9. The van der Waals surface area contributed by atoms with E-state index >= 15 is 0 Å². The molecule has 0 bridgehead atoms. The smallest absolute Gasteiger partial charge is 0.0920 e. The molecule has 1 heterocycles. The van der Waals surface area contributed by atoms with E-state index in [0.29, 0.717) is 5.92 Å². The van der Waals surface area contributed by atoms with Gasteiger partial charge in [-0.25, -0.2) is 0 Å². The maximum Gasteiger partial charge on any atom is 0.0920 e. The normalized spacial score (nSPS) is 11.6. The summed E-state index contributed by atoms with van der Waals surface area (Å²) < 4.78 is 0. The minimum absolute atomic E-state index is 0.125. The summed E-state index contributed by atoms with van der Waals surface area (Å²) in [5.41, 5.74) is 10.1. The number of aryl methyl sites for hydroxylation is 1. The predicted molar refractivity (Wildman–Crippen MR) is 179 cm³/mol. The molecule has 5 aromatic rings. The first-order chi connectivity index (χ1) is 19.7. The summed E-state index contributed by atoms with van der Waals surface area (Å²) in [4.78, 5) is 0. The Morgan fingerprint density at radius 3 is 2.22 bits per heavy atom. The van der Waals surface area contributed by atoms with E-state index < -0.39 is 20.8 Å². The fraction of sp³-hybridized carbons (Fsp3) is 0.270. The first-order valence-electron chi connectivity index (χ1n) is 14.3. The number of hydrogen-bond acceptors (Lipinski definition) is 0. The quantitative estimate of drug-likeness (QED) is 0.129. The second kappa shape index (κ2) is 14.6. The monoisotopic (exact) mass is 670 g/mol.